The zero-order valence-electron chi connectivity index (χ0n) is 44.2. The SMILES string of the molecule is C1=CCCC(c2nc(-c3ccccc3)nc(-c3ccc(-n4c5ccccc5c5c6oc7c(c6c6c(c8ccccc8n6-c6ccccc6)c54)C=CCC7)c(C4=NC(c5ccccc5)NC(c5cccc(-c6ccccc6)c5)N4)c3)n2)=C1. The number of rotatable bonds is 9. The van der Waals surface area contributed by atoms with Gasteiger partial charge in [-0.05, 0) is 95.6 Å². The summed E-state index contributed by atoms with van der Waals surface area (Å²) in [4.78, 5) is 21.5. The molecule has 2 N–H and O–H groups in total. The van der Waals surface area contributed by atoms with Crippen LogP contribution in [-0.4, -0.2) is 29.9 Å². The maximum Gasteiger partial charge on any atom is 0.164 e. The molecule has 9 aromatic carbocycles. The number of benzene rings is 9. The number of furan rings is 1. The quantitative estimate of drug-likeness (QED) is 0.149. The summed E-state index contributed by atoms with van der Waals surface area (Å²) < 4.78 is 12.2. The van der Waals surface area contributed by atoms with Gasteiger partial charge >= 0.3 is 0 Å². The number of para-hydroxylation sites is 3. The average Bonchev–Trinajstić information content (AvgIpc) is 2.40. The first-order chi connectivity index (χ1) is 40.2. The number of amidine groups is 1. The molecule has 0 saturated heterocycles. The molecule has 5 heterocycles. The molecule has 9 nitrogen and oxygen atoms in total. The van der Waals surface area contributed by atoms with E-state index in [4.69, 9.17) is 24.4 Å². The van der Waals surface area contributed by atoms with E-state index in [0.29, 0.717) is 17.5 Å². The summed E-state index contributed by atoms with van der Waals surface area (Å²) in [7, 11) is 0. The zero-order valence-corrected chi connectivity index (χ0v) is 44.2. The van der Waals surface area contributed by atoms with Crippen LogP contribution >= 0.6 is 0 Å². The fourth-order valence-corrected chi connectivity index (χ4v) is 12.6. The van der Waals surface area contributed by atoms with Gasteiger partial charge in [0.05, 0.1) is 38.5 Å². The molecule has 4 aromatic heterocycles. The lowest BCUT2D eigenvalue weighted by atomic mass is 9.98. The third-order valence-corrected chi connectivity index (χ3v) is 16.3. The molecule has 0 fully saturated rings. The Morgan fingerprint density at radius 1 is 0.494 bits per heavy atom. The molecule has 9 heteroatoms. The Kier molecular flexibility index (Phi) is 11.2. The van der Waals surface area contributed by atoms with Gasteiger partial charge in [0, 0.05) is 50.5 Å². The number of aryl methyl sites for hydroxylation is 1. The van der Waals surface area contributed by atoms with E-state index >= 15 is 0 Å². The summed E-state index contributed by atoms with van der Waals surface area (Å²) in [5.41, 5.74) is 16.5. The summed E-state index contributed by atoms with van der Waals surface area (Å²) in [6, 6.07) is 75.3. The minimum Gasteiger partial charge on any atom is -0.460 e. The number of aliphatic imine (C=N–C) groups is 1. The van der Waals surface area contributed by atoms with E-state index < -0.39 is 6.17 Å². The molecule has 0 bridgehead atoms. The Hall–Kier alpha value is -10.2. The smallest absolute Gasteiger partial charge is 0.164 e. The first-order valence-electron chi connectivity index (χ1n) is 28.0. The molecular formula is C72H52N8O. The molecule has 16 rings (SSSR count). The maximum absolute atomic E-state index is 7.30. The summed E-state index contributed by atoms with van der Waals surface area (Å²) in [6.07, 6.45) is 13.8. The molecule has 0 radical (unpaired) electrons. The fourth-order valence-electron chi connectivity index (χ4n) is 12.6. The highest BCUT2D eigenvalue weighted by Gasteiger charge is 2.33. The van der Waals surface area contributed by atoms with Crippen molar-refractivity contribution in [1.29, 1.82) is 0 Å². The fraction of sp³-hybridized carbons (Fsp3) is 0.0833. The highest BCUT2D eigenvalue weighted by atomic mass is 16.3. The van der Waals surface area contributed by atoms with Gasteiger partial charge in [0.15, 0.2) is 17.5 Å². The van der Waals surface area contributed by atoms with Gasteiger partial charge in [0.2, 0.25) is 0 Å². The van der Waals surface area contributed by atoms with Crippen LogP contribution in [-0.2, 0) is 6.42 Å². The second-order valence-corrected chi connectivity index (χ2v) is 21.2. The second kappa shape index (κ2) is 19.3. The van der Waals surface area contributed by atoms with Crippen LogP contribution in [0.1, 0.15) is 65.4 Å². The topological polar surface area (TPSA) is 98.1 Å². The van der Waals surface area contributed by atoms with Crippen molar-refractivity contribution in [3.8, 4) is 45.3 Å². The highest BCUT2D eigenvalue weighted by molar-refractivity contribution is 6.37. The lowest BCUT2D eigenvalue weighted by Gasteiger charge is -2.33. The molecule has 1 aliphatic heterocycles. The van der Waals surface area contributed by atoms with Crippen LogP contribution < -0.4 is 10.6 Å². The Morgan fingerprint density at radius 2 is 1.12 bits per heavy atom. The van der Waals surface area contributed by atoms with E-state index in [1.807, 2.05) is 18.2 Å². The molecular weight excluding hydrogens is 993 g/mol. The molecule has 13 aromatic rings. The molecule has 0 spiro atoms. The summed E-state index contributed by atoms with van der Waals surface area (Å²) in [6.45, 7) is 0. The maximum atomic E-state index is 7.30. The van der Waals surface area contributed by atoms with Gasteiger partial charge in [0.1, 0.15) is 29.5 Å². The Balaban J connectivity index is 1.02. The Labute approximate surface area is 467 Å². The predicted octanol–water partition coefficient (Wildman–Crippen LogP) is 16.8. The second-order valence-electron chi connectivity index (χ2n) is 21.2. The van der Waals surface area contributed by atoms with Crippen LogP contribution in [0.2, 0.25) is 0 Å². The molecule has 0 amide bonds. The van der Waals surface area contributed by atoms with E-state index in [2.05, 4.69) is 244 Å². The minimum absolute atomic E-state index is 0.349. The lowest BCUT2D eigenvalue weighted by molar-refractivity contribution is 0.409. The van der Waals surface area contributed by atoms with Crippen molar-refractivity contribution in [3.63, 3.8) is 0 Å². The first-order valence-corrected chi connectivity index (χ1v) is 28.0. The number of allylic oxidation sites excluding steroid dienone is 5. The zero-order chi connectivity index (χ0) is 53.4. The van der Waals surface area contributed by atoms with Crippen molar-refractivity contribution in [3.05, 3.63) is 270 Å². The van der Waals surface area contributed by atoms with Gasteiger partial charge in [-0.2, -0.15) is 0 Å². The van der Waals surface area contributed by atoms with Gasteiger partial charge in [-0.15, -0.1) is 0 Å². The summed E-state index contributed by atoms with van der Waals surface area (Å²) in [5, 5.41) is 13.5. The van der Waals surface area contributed by atoms with Gasteiger partial charge in [-0.1, -0.05) is 194 Å². The van der Waals surface area contributed by atoms with Gasteiger partial charge in [0.25, 0.3) is 0 Å². The molecule has 2 aliphatic carbocycles. The van der Waals surface area contributed by atoms with Crippen LogP contribution in [0.4, 0.5) is 0 Å². The molecule has 2 atom stereocenters. The molecule has 386 valence electrons. The predicted molar refractivity (Wildman–Crippen MR) is 329 cm³/mol. The molecule has 2 unspecified atom stereocenters. The monoisotopic (exact) mass is 1040 g/mol. The lowest BCUT2D eigenvalue weighted by Crippen LogP contribution is -2.45. The van der Waals surface area contributed by atoms with E-state index in [1.165, 1.54) is 0 Å². The van der Waals surface area contributed by atoms with Crippen molar-refractivity contribution < 1.29 is 4.42 Å². The van der Waals surface area contributed by atoms with E-state index in [0.717, 1.165) is 153 Å². The first kappa shape index (κ1) is 46.8. The molecule has 3 aliphatic rings. The van der Waals surface area contributed by atoms with Crippen LogP contribution in [0.15, 0.2) is 246 Å². The van der Waals surface area contributed by atoms with Crippen LogP contribution in [0, 0.1) is 0 Å². The molecule has 0 saturated carbocycles. The van der Waals surface area contributed by atoms with E-state index in [-0.39, 0.29) is 6.17 Å². The standard InChI is InChI=1S/C72H52N8O/c1-6-23-45(24-7-1)49-31-22-32-50(43-49)70-76-69(48-29-12-4-13-30-48)77-72(78-70)56-44-51(71-74-67(46-25-8-2-9-26-46)73-68(75-71)47-27-10-3-11-28-47)41-42-59(56)80-58-39-20-17-36-54(58)62-65(80)61-53-35-16-19-38-57(53)79(52-33-14-5-15-34-52)64(61)63-55-37-18-21-40-60(55)81-66(62)63/h1-10,12-20,22-27,29-39,41-44,69-70,76H,11,21,28,40H2,(H,77,78). The van der Waals surface area contributed by atoms with Crippen molar-refractivity contribution in [1.82, 2.24) is 34.7 Å². The Morgan fingerprint density at radius 3 is 1.89 bits per heavy atom. The van der Waals surface area contributed by atoms with Crippen molar-refractivity contribution >= 4 is 72.1 Å². The largest absolute Gasteiger partial charge is 0.460 e. The number of nitrogens with one attached hydrogen (secondary N) is 2. The summed E-state index contributed by atoms with van der Waals surface area (Å²) in [5.74, 6) is 3.61. The number of aromatic nitrogens is 5. The van der Waals surface area contributed by atoms with Gasteiger partial charge < -0.3 is 18.9 Å². The number of hydrogen-bond acceptors (Lipinski definition) is 7. The third-order valence-electron chi connectivity index (χ3n) is 16.3. The van der Waals surface area contributed by atoms with E-state index in [9.17, 15) is 0 Å². The highest BCUT2D eigenvalue weighted by Crippen LogP contribution is 2.50. The summed E-state index contributed by atoms with van der Waals surface area (Å²) >= 11 is 0. The van der Waals surface area contributed by atoms with Crippen LogP contribution in [0.3, 0.4) is 0 Å². The van der Waals surface area contributed by atoms with E-state index in [1.54, 1.807) is 0 Å². The van der Waals surface area contributed by atoms with Gasteiger partial charge in [-0.25, -0.2) is 19.9 Å². The number of fused-ring (bicyclic) bond motifs is 12. The van der Waals surface area contributed by atoms with Crippen molar-refractivity contribution in [2.45, 2.75) is 38.0 Å². The normalized spacial score (nSPS) is 16.0. The van der Waals surface area contributed by atoms with Crippen molar-refractivity contribution in [2.24, 2.45) is 4.99 Å². The number of hydrogen-bond donors (Lipinski definition) is 2. The van der Waals surface area contributed by atoms with Gasteiger partial charge in [-0.3, -0.25) is 5.32 Å². The molecule has 81 heavy (non-hydrogen) atoms. The third kappa shape index (κ3) is 7.87. The van der Waals surface area contributed by atoms with Crippen molar-refractivity contribution in [2.75, 3.05) is 0 Å². The minimum atomic E-state index is -0.417. The van der Waals surface area contributed by atoms with Crippen LogP contribution in [0.5, 0.6) is 0 Å². The Bertz CT molecular complexity index is 4760. The number of nitrogens with zero attached hydrogens (tertiary/aromatic N) is 6. The average molecular weight is 1050 g/mol. The van der Waals surface area contributed by atoms with Crippen LogP contribution in [0.25, 0.3) is 112 Å².